The zero-order valence-electron chi connectivity index (χ0n) is 13.6. The SMILES string of the molecule is C=CC(=O)N(C)CC(=O)N1CCC(c2ccc(CO)cc2)CC1. The van der Waals surface area contributed by atoms with Crippen molar-refractivity contribution in [3.63, 3.8) is 0 Å². The third-order valence-corrected chi connectivity index (χ3v) is 4.40. The van der Waals surface area contributed by atoms with Gasteiger partial charge in [0.2, 0.25) is 11.8 Å². The van der Waals surface area contributed by atoms with Crippen LogP contribution in [0.5, 0.6) is 0 Å². The van der Waals surface area contributed by atoms with Gasteiger partial charge in [-0.1, -0.05) is 30.8 Å². The third kappa shape index (κ3) is 4.42. The van der Waals surface area contributed by atoms with Crippen LogP contribution in [0.15, 0.2) is 36.9 Å². The lowest BCUT2D eigenvalue weighted by molar-refractivity contribution is -0.138. The van der Waals surface area contributed by atoms with Gasteiger partial charge in [0.15, 0.2) is 0 Å². The number of likely N-dealkylation sites (tertiary alicyclic amines) is 1. The maximum absolute atomic E-state index is 12.2. The number of likely N-dealkylation sites (N-methyl/N-ethyl adjacent to an activating group) is 1. The summed E-state index contributed by atoms with van der Waals surface area (Å²) in [7, 11) is 1.61. The van der Waals surface area contributed by atoms with Gasteiger partial charge in [-0.15, -0.1) is 0 Å². The summed E-state index contributed by atoms with van der Waals surface area (Å²) >= 11 is 0. The van der Waals surface area contributed by atoms with Gasteiger partial charge in [-0.3, -0.25) is 9.59 Å². The fourth-order valence-electron chi connectivity index (χ4n) is 2.89. The highest BCUT2D eigenvalue weighted by Crippen LogP contribution is 2.28. The fraction of sp³-hybridized carbons (Fsp3) is 0.444. The van der Waals surface area contributed by atoms with Crippen LogP contribution in [0.2, 0.25) is 0 Å². The van der Waals surface area contributed by atoms with Gasteiger partial charge in [0.05, 0.1) is 13.2 Å². The smallest absolute Gasteiger partial charge is 0.246 e. The molecule has 0 bridgehead atoms. The molecule has 1 aromatic rings. The molecule has 0 atom stereocenters. The van der Waals surface area contributed by atoms with E-state index in [-0.39, 0.29) is 25.0 Å². The molecule has 5 nitrogen and oxygen atoms in total. The highest BCUT2D eigenvalue weighted by atomic mass is 16.3. The normalized spacial score (nSPS) is 15.3. The van der Waals surface area contributed by atoms with Gasteiger partial charge in [-0.05, 0) is 36.0 Å². The summed E-state index contributed by atoms with van der Waals surface area (Å²) in [5.41, 5.74) is 2.17. The van der Waals surface area contributed by atoms with Gasteiger partial charge < -0.3 is 14.9 Å². The Morgan fingerprint density at radius 2 is 1.91 bits per heavy atom. The van der Waals surface area contributed by atoms with Gasteiger partial charge in [-0.25, -0.2) is 0 Å². The molecule has 1 heterocycles. The Hall–Kier alpha value is -2.14. The summed E-state index contributed by atoms with van der Waals surface area (Å²) < 4.78 is 0. The Bertz CT molecular complexity index is 560. The summed E-state index contributed by atoms with van der Waals surface area (Å²) in [4.78, 5) is 26.9. The number of aliphatic hydroxyl groups is 1. The largest absolute Gasteiger partial charge is 0.392 e. The number of rotatable bonds is 5. The van der Waals surface area contributed by atoms with Crippen molar-refractivity contribution in [2.45, 2.75) is 25.4 Å². The molecule has 1 aliphatic rings. The van der Waals surface area contributed by atoms with Crippen molar-refractivity contribution >= 4 is 11.8 Å². The summed E-state index contributed by atoms with van der Waals surface area (Å²) in [5, 5.41) is 9.09. The van der Waals surface area contributed by atoms with Crippen LogP contribution in [0.3, 0.4) is 0 Å². The van der Waals surface area contributed by atoms with Gasteiger partial charge in [-0.2, -0.15) is 0 Å². The van der Waals surface area contributed by atoms with Crippen LogP contribution in [0, 0.1) is 0 Å². The van der Waals surface area contributed by atoms with Crippen molar-refractivity contribution < 1.29 is 14.7 Å². The molecule has 1 fully saturated rings. The predicted octanol–water partition coefficient (Wildman–Crippen LogP) is 1.53. The zero-order valence-corrected chi connectivity index (χ0v) is 13.6. The second-order valence-electron chi connectivity index (χ2n) is 5.95. The predicted molar refractivity (Wildman–Crippen MR) is 88.8 cm³/mol. The Balaban J connectivity index is 1.86. The molecule has 0 radical (unpaired) electrons. The van der Waals surface area contributed by atoms with Crippen molar-refractivity contribution in [2.24, 2.45) is 0 Å². The Morgan fingerprint density at radius 1 is 1.30 bits per heavy atom. The van der Waals surface area contributed by atoms with E-state index in [0.29, 0.717) is 19.0 Å². The first-order valence-corrected chi connectivity index (χ1v) is 7.90. The van der Waals surface area contributed by atoms with E-state index in [9.17, 15) is 9.59 Å². The molecule has 124 valence electrons. The molecule has 1 saturated heterocycles. The Morgan fingerprint density at radius 3 is 2.43 bits per heavy atom. The zero-order chi connectivity index (χ0) is 16.8. The molecule has 0 saturated carbocycles. The standard InChI is InChI=1S/C18H24N2O3/c1-3-17(22)19(2)12-18(23)20-10-8-16(9-11-20)15-6-4-14(13-21)5-7-15/h3-7,16,21H,1,8-13H2,2H3. The first kappa shape index (κ1) is 17.2. The van der Waals surface area contributed by atoms with E-state index in [2.05, 4.69) is 18.7 Å². The highest BCUT2D eigenvalue weighted by Gasteiger charge is 2.24. The maximum atomic E-state index is 12.2. The average molecular weight is 316 g/mol. The number of carbonyl (C=O) groups is 2. The van der Waals surface area contributed by atoms with Gasteiger partial charge >= 0.3 is 0 Å². The first-order chi connectivity index (χ1) is 11.0. The molecular weight excluding hydrogens is 292 g/mol. The van der Waals surface area contributed by atoms with Crippen molar-refractivity contribution in [2.75, 3.05) is 26.7 Å². The van der Waals surface area contributed by atoms with Crippen LogP contribution in [-0.4, -0.2) is 53.4 Å². The quantitative estimate of drug-likeness (QED) is 0.838. The van der Waals surface area contributed by atoms with Crippen molar-refractivity contribution in [3.8, 4) is 0 Å². The maximum Gasteiger partial charge on any atom is 0.246 e. The number of carbonyl (C=O) groups excluding carboxylic acids is 2. The minimum absolute atomic E-state index is 0.0169. The van der Waals surface area contributed by atoms with Crippen molar-refractivity contribution in [3.05, 3.63) is 48.0 Å². The molecule has 0 aromatic heterocycles. The second-order valence-corrected chi connectivity index (χ2v) is 5.95. The van der Waals surface area contributed by atoms with Crippen LogP contribution >= 0.6 is 0 Å². The topological polar surface area (TPSA) is 60.9 Å². The second kappa shape index (κ2) is 7.92. The highest BCUT2D eigenvalue weighted by molar-refractivity contribution is 5.90. The molecule has 2 amide bonds. The minimum Gasteiger partial charge on any atom is -0.392 e. The first-order valence-electron chi connectivity index (χ1n) is 7.90. The average Bonchev–Trinajstić information content (AvgIpc) is 2.61. The lowest BCUT2D eigenvalue weighted by Gasteiger charge is -2.33. The molecule has 0 spiro atoms. The van der Waals surface area contributed by atoms with E-state index in [1.54, 1.807) is 7.05 Å². The molecule has 2 rings (SSSR count). The number of amides is 2. The van der Waals surface area contributed by atoms with Crippen LogP contribution < -0.4 is 0 Å². The van der Waals surface area contributed by atoms with Crippen LogP contribution in [-0.2, 0) is 16.2 Å². The third-order valence-electron chi connectivity index (χ3n) is 4.40. The molecule has 0 unspecified atom stereocenters. The number of aliphatic hydroxyl groups excluding tert-OH is 1. The summed E-state index contributed by atoms with van der Waals surface area (Å²) in [6.45, 7) is 5.00. The van der Waals surface area contributed by atoms with Crippen molar-refractivity contribution in [1.82, 2.24) is 9.80 Å². The van der Waals surface area contributed by atoms with Crippen molar-refractivity contribution in [1.29, 1.82) is 0 Å². The minimum atomic E-state index is -0.239. The number of benzene rings is 1. The molecular formula is C18H24N2O3. The number of hydrogen-bond donors (Lipinski definition) is 1. The molecule has 23 heavy (non-hydrogen) atoms. The fourth-order valence-corrected chi connectivity index (χ4v) is 2.89. The van der Waals surface area contributed by atoms with Gasteiger partial charge in [0.1, 0.15) is 0 Å². The Kier molecular flexibility index (Phi) is 5.93. The monoisotopic (exact) mass is 316 g/mol. The van der Waals surface area contributed by atoms with E-state index in [1.165, 1.54) is 16.5 Å². The summed E-state index contributed by atoms with van der Waals surface area (Å²) in [5.74, 6) is 0.188. The summed E-state index contributed by atoms with van der Waals surface area (Å²) in [6, 6.07) is 8.01. The lowest BCUT2D eigenvalue weighted by atomic mass is 9.89. The van der Waals surface area contributed by atoms with E-state index in [4.69, 9.17) is 5.11 Å². The van der Waals surface area contributed by atoms with Crippen LogP contribution in [0.1, 0.15) is 29.9 Å². The van der Waals surface area contributed by atoms with Gasteiger partial charge in [0.25, 0.3) is 0 Å². The number of hydrogen-bond acceptors (Lipinski definition) is 3. The van der Waals surface area contributed by atoms with E-state index < -0.39 is 0 Å². The Labute approximate surface area is 137 Å². The van der Waals surface area contributed by atoms with Crippen LogP contribution in [0.4, 0.5) is 0 Å². The lowest BCUT2D eigenvalue weighted by Crippen LogP contribution is -2.44. The molecule has 0 aliphatic carbocycles. The number of piperidine rings is 1. The van der Waals surface area contributed by atoms with Gasteiger partial charge in [0, 0.05) is 20.1 Å². The summed E-state index contributed by atoms with van der Waals surface area (Å²) in [6.07, 6.45) is 3.06. The van der Waals surface area contributed by atoms with E-state index in [1.807, 2.05) is 17.0 Å². The molecule has 1 aromatic carbocycles. The molecule has 1 N–H and O–H groups in total. The molecule has 5 heteroatoms. The van der Waals surface area contributed by atoms with Crippen LogP contribution in [0.25, 0.3) is 0 Å². The number of nitrogens with zero attached hydrogens (tertiary/aromatic N) is 2. The van der Waals surface area contributed by atoms with E-state index in [0.717, 1.165) is 18.4 Å². The molecule has 1 aliphatic heterocycles. The van der Waals surface area contributed by atoms with E-state index >= 15 is 0 Å².